The first kappa shape index (κ1) is 16.0. The summed E-state index contributed by atoms with van der Waals surface area (Å²) in [5.74, 6) is 0.465. The Bertz CT molecular complexity index is 1120. The van der Waals surface area contributed by atoms with Crippen molar-refractivity contribution in [3.05, 3.63) is 94.4 Å². The smallest absolute Gasteiger partial charge is 0.252 e. The number of hydrogen-bond acceptors (Lipinski definition) is 4. The zero-order valence-electron chi connectivity index (χ0n) is 14.4. The van der Waals surface area contributed by atoms with Gasteiger partial charge in [-0.15, -0.1) is 0 Å². The van der Waals surface area contributed by atoms with E-state index in [4.69, 9.17) is 0 Å². The fourth-order valence-corrected chi connectivity index (χ4v) is 2.93. The first-order chi connectivity index (χ1) is 12.7. The molecule has 0 spiro atoms. The number of aryl methyl sites for hydroxylation is 1. The summed E-state index contributed by atoms with van der Waals surface area (Å²) in [6.07, 6.45) is 1.74. The Morgan fingerprint density at radius 3 is 2.65 bits per heavy atom. The van der Waals surface area contributed by atoms with Gasteiger partial charge in [-0.2, -0.15) is 4.98 Å². The van der Waals surface area contributed by atoms with Crippen LogP contribution in [0.3, 0.4) is 0 Å². The van der Waals surface area contributed by atoms with E-state index in [9.17, 15) is 4.79 Å². The Labute approximate surface area is 151 Å². The molecule has 2 aromatic carbocycles. The van der Waals surface area contributed by atoms with Crippen molar-refractivity contribution in [1.82, 2.24) is 14.5 Å². The van der Waals surface area contributed by atoms with Gasteiger partial charge >= 0.3 is 0 Å². The number of rotatable bonds is 4. The number of para-hydroxylation sites is 1. The van der Waals surface area contributed by atoms with E-state index in [2.05, 4.69) is 21.4 Å². The van der Waals surface area contributed by atoms with Crippen molar-refractivity contribution < 1.29 is 0 Å². The summed E-state index contributed by atoms with van der Waals surface area (Å²) in [6.45, 7) is 2.51. The summed E-state index contributed by atoms with van der Waals surface area (Å²) in [5, 5.41) is 4.01. The van der Waals surface area contributed by atoms with Crippen molar-refractivity contribution in [2.75, 3.05) is 5.32 Å². The van der Waals surface area contributed by atoms with E-state index in [1.807, 2.05) is 55.5 Å². The molecule has 0 aliphatic rings. The Morgan fingerprint density at radius 1 is 1.00 bits per heavy atom. The quantitative estimate of drug-likeness (QED) is 0.611. The van der Waals surface area contributed by atoms with Crippen LogP contribution >= 0.6 is 0 Å². The zero-order chi connectivity index (χ0) is 17.9. The summed E-state index contributed by atoms with van der Waals surface area (Å²) in [4.78, 5) is 21.4. The molecule has 0 saturated heterocycles. The highest BCUT2D eigenvalue weighted by atomic mass is 16.1. The van der Waals surface area contributed by atoms with Crippen LogP contribution in [-0.4, -0.2) is 14.5 Å². The van der Waals surface area contributed by atoms with Gasteiger partial charge in [0.2, 0.25) is 5.95 Å². The van der Waals surface area contributed by atoms with Crippen molar-refractivity contribution in [3.63, 3.8) is 0 Å². The standard InChI is InChI=1S/C21H18N4O/c1-15-6-5-7-16(12-15)14-25-19(26)11-10-17-13-22-21(24-20(17)25)23-18-8-3-2-4-9-18/h2-13H,14H2,1H3,(H,22,23,24). The van der Waals surface area contributed by atoms with Gasteiger partial charge < -0.3 is 5.32 Å². The molecule has 1 N–H and O–H groups in total. The fraction of sp³-hybridized carbons (Fsp3) is 0.0952. The van der Waals surface area contributed by atoms with E-state index in [1.165, 1.54) is 0 Å². The van der Waals surface area contributed by atoms with E-state index in [-0.39, 0.29) is 5.56 Å². The highest BCUT2D eigenvalue weighted by Crippen LogP contribution is 2.16. The molecule has 0 radical (unpaired) electrons. The normalized spacial score (nSPS) is 10.8. The van der Waals surface area contributed by atoms with Crippen LogP contribution in [0.5, 0.6) is 0 Å². The molecule has 2 heterocycles. The summed E-state index contributed by atoms with van der Waals surface area (Å²) in [5.41, 5.74) is 3.67. The molecule has 26 heavy (non-hydrogen) atoms. The third-order valence-electron chi connectivity index (χ3n) is 4.18. The van der Waals surface area contributed by atoms with Gasteiger partial charge in [0.25, 0.3) is 5.56 Å². The molecule has 2 aromatic heterocycles. The maximum Gasteiger partial charge on any atom is 0.252 e. The van der Waals surface area contributed by atoms with Crippen LogP contribution in [0.2, 0.25) is 0 Å². The minimum absolute atomic E-state index is 0.0802. The van der Waals surface area contributed by atoms with Gasteiger partial charge in [-0.3, -0.25) is 9.36 Å². The Morgan fingerprint density at radius 2 is 1.85 bits per heavy atom. The van der Waals surface area contributed by atoms with Crippen molar-refractivity contribution in [2.45, 2.75) is 13.5 Å². The third kappa shape index (κ3) is 3.32. The number of hydrogen-bond donors (Lipinski definition) is 1. The first-order valence-electron chi connectivity index (χ1n) is 8.43. The molecule has 4 rings (SSSR count). The Kier molecular flexibility index (Phi) is 4.19. The SMILES string of the molecule is Cc1cccc(Cn2c(=O)ccc3cnc(Nc4ccccc4)nc32)c1. The lowest BCUT2D eigenvalue weighted by Crippen LogP contribution is -2.21. The highest BCUT2D eigenvalue weighted by Gasteiger charge is 2.08. The minimum atomic E-state index is -0.0802. The van der Waals surface area contributed by atoms with Crippen LogP contribution < -0.4 is 10.9 Å². The van der Waals surface area contributed by atoms with E-state index in [0.717, 1.165) is 22.2 Å². The van der Waals surface area contributed by atoms with Gasteiger partial charge in [-0.1, -0.05) is 48.0 Å². The molecule has 128 valence electrons. The molecular formula is C21H18N4O. The monoisotopic (exact) mass is 342 g/mol. The molecule has 5 heteroatoms. The molecule has 0 aliphatic heterocycles. The van der Waals surface area contributed by atoms with Gasteiger partial charge in [-0.25, -0.2) is 4.98 Å². The lowest BCUT2D eigenvalue weighted by molar-refractivity contribution is 0.781. The second-order valence-corrected chi connectivity index (χ2v) is 6.21. The average Bonchev–Trinajstić information content (AvgIpc) is 2.65. The number of benzene rings is 2. The van der Waals surface area contributed by atoms with Crippen LogP contribution in [0.4, 0.5) is 11.6 Å². The van der Waals surface area contributed by atoms with Gasteiger partial charge in [-0.05, 0) is 30.7 Å². The molecule has 0 saturated carbocycles. The molecule has 0 fully saturated rings. The van der Waals surface area contributed by atoms with Gasteiger partial charge in [0.15, 0.2) is 0 Å². The second-order valence-electron chi connectivity index (χ2n) is 6.21. The molecule has 0 aliphatic carbocycles. The van der Waals surface area contributed by atoms with Gasteiger partial charge in [0.05, 0.1) is 6.54 Å². The van der Waals surface area contributed by atoms with E-state index in [0.29, 0.717) is 18.1 Å². The first-order valence-corrected chi connectivity index (χ1v) is 8.43. The van der Waals surface area contributed by atoms with E-state index >= 15 is 0 Å². The zero-order valence-corrected chi connectivity index (χ0v) is 14.4. The largest absolute Gasteiger partial charge is 0.324 e. The van der Waals surface area contributed by atoms with Crippen LogP contribution in [0.15, 0.2) is 77.7 Å². The number of aromatic nitrogens is 3. The van der Waals surface area contributed by atoms with Gasteiger partial charge in [0, 0.05) is 23.3 Å². The number of nitrogens with zero attached hydrogens (tertiary/aromatic N) is 3. The Hall–Kier alpha value is -3.47. The summed E-state index contributed by atoms with van der Waals surface area (Å²) < 4.78 is 1.68. The molecule has 4 aromatic rings. The highest BCUT2D eigenvalue weighted by molar-refractivity contribution is 5.75. The minimum Gasteiger partial charge on any atom is -0.324 e. The topological polar surface area (TPSA) is 59.8 Å². The summed E-state index contributed by atoms with van der Waals surface area (Å²) in [7, 11) is 0. The fourth-order valence-electron chi connectivity index (χ4n) is 2.93. The lowest BCUT2D eigenvalue weighted by Gasteiger charge is -2.11. The predicted molar refractivity (Wildman–Crippen MR) is 104 cm³/mol. The number of fused-ring (bicyclic) bond motifs is 1. The van der Waals surface area contributed by atoms with Crippen LogP contribution in [0.1, 0.15) is 11.1 Å². The summed E-state index contributed by atoms with van der Waals surface area (Å²) in [6, 6.07) is 21.2. The van der Waals surface area contributed by atoms with Crippen LogP contribution in [0.25, 0.3) is 11.0 Å². The van der Waals surface area contributed by atoms with Gasteiger partial charge in [0.1, 0.15) is 5.65 Å². The molecule has 0 amide bonds. The molecular weight excluding hydrogens is 324 g/mol. The number of pyridine rings is 1. The third-order valence-corrected chi connectivity index (χ3v) is 4.18. The van der Waals surface area contributed by atoms with Crippen LogP contribution in [0, 0.1) is 6.92 Å². The average molecular weight is 342 g/mol. The Balaban J connectivity index is 1.77. The van der Waals surface area contributed by atoms with Crippen molar-refractivity contribution in [3.8, 4) is 0 Å². The van der Waals surface area contributed by atoms with E-state index < -0.39 is 0 Å². The van der Waals surface area contributed by atoms with Crippen LogP contribution in [-0.2, 0) is 6.54 Å². The number of anilines is 2. The van der Waals surface area contributed by atoms with E-state index in [1.54, 1.807) is 22.9 Å². The second kappa shape index (κ2) is 6.80. The molecule has 0 bridgehead atoms. The molecule has 0 atom stereocenters. The summed E-state index contributed by atoms with van der Waals surface area (Å²) >= 11 is 0. The molecule has 0 unspecified atom stereocenters. The lowest BCUT2D eigenvalue weighted by atomic mass is 10.1. The number of nitrogens with one attached hydrogen (secondary N) is 1. The van der Waals surface area contributed by atoms with Crippen molar-refractivity contribution in [2.24, 2.45) is 0 Å². The molecule has 5 nitrogen and oxygen atoms in total. The predicted octanol–water partition coefficient (Wildman–Crippen LogP) is 3.89. The maximum atomic E-state index is 12.5. The maximum absolute atomic E-state index is 12.5. The van der Waals surface area contributed by atoms with Crippen molar-refractivity contribution >= 4 is 22.7 Å². The van der Waals surface area contributed by atoms with Crippen molar-refractivity contribution in [1.29, 1.82) is 0 Å².